The highest BCUT2D eigenvalue weighted by molar-refractivity contribution is 6.30. The van der Waals surface area contributed by atoms with Crippen LogP contribution in [0.2, 0.25) is 5.02 Å². The van der Waals surface area contributed by atoms with Crippen LogP contribution in [0.15, 0.2) is 24.3 Å². The molecule has 0 aliphatic heterocycles. The number of urea groups is 1. The zero-order valence-corrected chi connectivity index (χ0v) is 15.2. The van der Waals surface area contributed by atoms with Gasteiger partial charge in [-0.25, -0.2) is 4.79 Å². The molecule has 6 heteroatoms. The van der Waals surface area contributed by atoms with Gasteiger partial charge in [-0.05, 0) is 31.9 Å². The molecule has 24 heavy (non-hydrogen) atoms. The lowest BCUT2D eigenvalue weighted by Gasteiger charge is -2.24. The standard InChI is InChI=1S/C18H26ClN3O2/c1-13(22(2)12-14-8-10-15(19)11-9-14)17(23)21-18(24)20-16-6-4-3-5-7-16/h8-11,13,16H,3-7,12H2,1-2H3,(H2,20,21,23,24)/p+1/t13-/m0/s1. The van der Waals surface area contributed by atoms with Crippen molar-refractivity contribution in [3.63, 3.8) is 0 Å². The molecule has 1 fully saturated rings. The molecular formula is C18H27ClN3O2+. The normalized spacial score (nSPS) is 17.8. The number of imide groups is 1. The Bertz CT molecular complexity index is 556. The number of carbonyl (C=O) groups is 2. The van der Waals surface area contributed by atoms with Crippen molar-refractivity contribution in [1.82, 2.24) is 10.6 Å². The molecule has 3 amide bonds. The minimum Gasteiger partial charge on any atom is -0.335 e. The van der Waals surface area contributed by atoms with Crippen LogP contribution >= 0.6 is 11.6 Å². The van der Waals surface area contributed by atoms with Crippen LogP contribution < -0.4 is 15.5 Å². The summed E-state index contributed by atoms with van der Waals surface area (Å²) < 4.78 is 0. The Morgan fingerprint density at radius 1 is 1.21 bits per heavy atom. The summed E-state index contributed by atoms with van der Waals surface area (Å²) in [6.07, 6.45) is 5.51. The molecule has 1 aromatic carbocycles. The number of likely N-dealkylation sites (N-methyl/N-ethyl adjacent to an activating group) is 1. The molecule has 1 aliphatic rings. The maximum atomic E-state index is 12.3. The van der Waals surface area contributed by atoms with Gasteiger partial charge < -0.3 is 10.2 Å². The van der Waals surface area contributed by atoms with Gasteiger partial charge in [-0.2, -0.15) is 0 Å². The SMILES string of the molecule is C[C@@H](C(=O)NC(=O)NC1CCCCC1)[NH+](C)Cc1ccc(Cl)cc1. The van der Waals surface area contributed by atoms with Gasteiger partial charge in [0.1, 0.15) is 6.54 Å². The molecule has 2 atom stereocenters. The van der Waals surface area contributed by atoms with E-state index in [1.165, 1.54) is 6.42 Å². The van der Waals surface area contributed by atoms with E-state index in [1.807, 2.05) is 38.2 Å². The van der Waals surface area contributed by atoms with E-state index in [1.54, 1.807) is 0 Å². The first-order valence-corrected chi connectivity index (χ1v) is 9.01. The second-order valence-electron chi connectivity index (χ2n) is 6.67. The van der Waals surface area contributed by atoms with E-state index in [9.17, 15) is 9.59 Å². The molecule has 1 unspecified atom stereocenters. The van der Waals surface area contributed by atoms with Gasteiger partial charge >= 0.3 is 6.03 Å². The summed E-state index contributed by atoms with van der Waals surface area (Å²) in [4.78, 5) is 25.3. The molecular weight excluding hydrogens is 326 g/mol. The summed E-state index contributed by atoms with van der Waals surface area (Å²) in [6.45, 7) is 2.52. The van der Waals surface area contributed by atoms with Crippen molar-refractivity contribution in [2.24, 2.45) is 0 Å². The Kier molecular flexibility index (Phi) is 7.06. The Hall–Kier alpha value is -1.59. The minimum atomic E-state index is -0.377. The monoisotopic (exact) mass is 352 g/mol. The maximum absolute atomic E-state index is 12.3. The summed E-state index contributed by atoms with van der Waals surface area (Å²) in [7, 11) is 1.94. The number of rotatable bonds is 5. The van der Waals surface area contributed by atoms with Gasteiger partial charge in [-0.3, -0.25) is 10.1 Å². The highest BCUT2D eigenvalue weighted by Gasteiger charge is 2.25. The van der Waals surface area contributed by atoms with Crippen molar-refractivity contribution < 1.29 is 14.5 Å². The van der Waals surface area contributed by atoms with Crippen LogP contribution in [0.3, 0.4) is 0 Å². The van der Waals surface area contributed by atoms with Gasteiger partial charge in [0.05, 0.1) is 7.05 Å². The van der Waals surface area contributed by atoms with Gasteiger partial charge in [0.2, 0.25) is 0 Å². The quantitative estimate of drug-likeness (QED) is 0.758. The van der Waals surface area contributed by atoms with E-state index >= 15 is 0 Å². The van der Waals surface area contributed by atoms with Crippen molar-refractivity contribution in [3.05, 3.63) is 34.9 Å². The molecule has 1 aliphatic carbocycles. The van der Waals surface area contributed by atoms with E-state index < -0.39 is 0 Å². The van der Waals surface area contributed by atoms with E-state index in [0.29, 0.717) is 11.6 Å². The molecule has 0 heterocycles. The fourth-order valence-corrected chi connectivity index (χ4v) is 3.12. The highest BCUT2D eigenvalue weighted by atomic mass is 35.5. The third-order valence-corrected chi connectivity index (χ3v) is 4.96. The second-order valence-corrected chi connectivity index (χ2v) is 7.11. The summed E-state index contributed by atoms with van der Waals surface area (Å²) in [5.74, 6) is -0.255. The molecule has 0 spiro atoms. The molecule has 0 saturated heterocycles. The van der Waals surface area contributed by atoms with Gasteiger partial charge in [-0.15, -0.1) is 0 Å². The summed E-state index contributed by atoms with van der Waals surface area (Å²) in [6, 6.07) is 7.08. The summed E-state index contributed by atoms with van der Waals surface area (Å²) in [5, 5.41) is 6.07. The van der Waals surface area contributed by atoms with Crippen LogP contribution in [0.25, 0.3) is 0 Å². The first-order chi connectivity index (χ1) is 11.5. The zero-order chi connectivity index (χ0) is 17.5. The summed E-state index contributed by atoms with van der Waals surface area (Å²) in [5.41, 5.74) is 1.10. The van der Waals surface area contributed by atoms with Gasteiger partial charge in [0.15, 0.2) is 6.04 Å². The van der Waals surface area contributed by atoms with Crippen LogP contribution in [0.1, 0.15) is 44.6 Å². The Labute approximate surface area is 148 Å². The largest absolute Gasteiger partial charge is 0.335 e. The van der Waals surface area contributed by atoms with E-state index in [4.69, 9.17) is 11.6 Å². The van der Waals surface area contributed by atoms with Crippen LogP contribution in [0, 0.1) is 0 Å². The maximum Gasteiger partial charge on any atom is 0.321 e. The van der Waals surface area contributed by atoms with Gasteiger partial charge in [-0.1, -0.05) is 43.0 Å². The molecule has 1 saturated carbocycles. The third-order valence-electron chi connectivity index (χ3n) is 4.71. The van der Waals surface area contributed by atoms with Crippen LogP contribution in [-0.4, -0.2) is 31.1 Å². The topological polar surface area (TPSA) is 62.6 Å². The number of hydrogen-bond donors (Lipinski definition) is 3. The number of nitrogens with one attached hydrogen (secondary N) is 3. The smallest absolute Gasteiger partial charge is 0.321 e. The Morgan fingerprint density at radius 2 is 1.83 bits per heavy atom. The molecule has 3 N–H and O–H groups in total. The molecule has 0 radical (unpaired) electrons. The lowest BCUT2D eigenvalue weighted by atomic mass is 9.96. The van der Waals surface area contributed by atoms with Crippen molar-refractivity contribution >= 4 is 23.5 Å². The van der Waals surface area contributed by atoms with Crippen LogP contribution in [0.4, 0.5) is 4.79 Å². The fourth-order valence-electron chi connectivity index (χ4n) is 2.99. The number of quaternary nitrogens is 1. The number of benzene rings is 1. The minimum absolute atomic E-state index is 0.195. The van der Waals surface area contributed by atoms with Crippen molar-refractivity contribution in [2.75, 3.05) is 7.05 Å². The number of carbonyl (C=O) groups excluding carboxylic acids is 2. The van der Waals surface area contributed by atoms with Gasteiger partial charge in [0, 0.05) is 16.6 Å². The van der Waals surface area contributed by atoms with E-state index in [0.717, 1.165) is 36.1 Å². The summed E-state index contributed by atoms with van der Waals surface area (Å²) >= 11 is 5.88. The number of amides is 3. The van der Waals surface area contributed by atoms with Gasteiger partial charge in [0.25, 0.3) is 5.91 Å². The molecule has 2 rings (SSSR count). The van der Waals surface area contributed by atoms with Crippen molar-refractivity contribution in [3.8, 4) is 0 Å². The second kappa shape index (κ2) is 9.04. The fraction of sp³-hybridized carbons (Fsp3) is 0.556. The molecule has 5 nitrogen and oxygen atoms in total. The number of halogens is 1. The highest BCUT2D eigenvalue weighted by Crippen LogP contribution is 2.17. The average Bonchev–Trinajstić information content (AvgIpc) is 2.57. The molecule has 132 valence electrons. The first kappa shape index (κ1) is 18.7. The third kappa shape index (κ3) is 5.80. The molecule has 0 aromatic heterocycles. The van der Waals surface area contributed by atoms with Crippen LogP contribution in [-0.2, 0) is 11.3 Å². The predicted octanol–water partition coefficient (Wildman–Crippen LogP) is 1.90. The van der Waals surface area contributed by atoms with Crippen molar-refractivity contribution in [2.45, 2.75) is 57.7 Å². The number of hydrogen-bond acceptors (Lipinski definition) is 2. The van der Waals surface area contributed by atoms with E-state index in [-0.39, 0.29) is 24.0 Å². The molecule has 0 bridgehead atoms. The lowest BCUT2D eigenvalue weighted by Crippen LogP contribution is -3.12. The Morgan fingerprint density at radius 3 is 2.46 bits per heavy atom. The predicted molar refractivity (Wildman–Crippen MR) is 95.1 cm³/mol. The van der Waals surface area contributed by atoms with Crippen molar-refractivity contribution in [1.29, 1.82) is 0 Å². The average molecular weight is 353 g/mol. The first-order valence-electron chi connectivity index (χ1n) is 8.64. The molecule has 1 aromatic rings. The van der Waals surface area contributed by atoms with Crippen LogP contribution in [0.5, 0.6) is 0 Å². The lowest BCUT2D eigenvalue weighted by molar-refractivity contribution is -0.908. The zero-order valence-electron chi connectivity index (χ0n) is 14.4. The van der Waals surface area contributed by atoms with E-state index in [2.05, 4.69) is 10.6 Å². The Balaban J connectivity index is 1.79.